The Kier molecular flexibility index (Phi) is 3.54. The molecule has 0 aliphatic heterocycles. The van der Waals surface area contributed by atoms with Gasteiger partial charge in [-0.05, 0) is 6.07 Å². The van der Waals surface area contributed by atoms with Crippen LogP contribution in [0.5, 0.6) is 5.88 Å². The monoisotopic (exact) mass is 197 g/mol. The van der Waals surface area contributed by atoms with Crippen LogP contribution in [0.4, 0.5) is 0 Å². The first-order valence-corrected chi connectivity index (χ1v) is 2.58. The summed E-state index contributed by atoms with van der Waals surface area (Å²) < 4.78 is 0. The molecule has 0 atom stereocenters. The van der Waals surface area contributed by atoms with Crippen molar-refractivity contribution >= 4 is 5.97 Å². The Labute approximate surface area is 72.8 Å². The number of carbonyl (C=O) groups is 1. The zero-order valence-corrected chi connectivity index (χ0v) is 6.29. The molecule has 1 aromatic heterocycles. The molecule has 1 rings (SSSR count). The maximum absolute atomic E-state index is 10.2. The van der Waals surface area contributed by atoms with Gasteiger partial charge in [-0.2, -0.15) is 0 Å². The van der Waals surface area contributed by atoms with E-state index < -0.39 is 5.97 Å². The molecule has 62 valence electrons. The minimum atomic E-state index is -1.07. The number of hydrogen-bond donors (Lipinski definition) is 2. The van der Waals surface area contributed by atoms with Crippen LogP contribution in [0.25, 0.3) is 0 Å². The Hall–Kier alpha value is -1.09. The van der Waals surface area contributed by atoms with Gasteiger partial charge in [-0.3, -0.25) is 0 Å². The van der Waals surface area contributed by atoms with Crippen molar-refractivity contribution in [3.8, 4) is 5.88 Å². The zero-order valence-electron chi connectivity index (χ0n) is 5.30. The Morgan fingerprint density at radius 1 is 1.55 bits per heavy atom. The molecule has 0 saturated heterocycles. The number of carboxylic acid groups (broad SMARTS) is 1. The smallest absolute Gasteiger partial charge is 0.335 e. The second-order valence-corrected chi connectivity index (χ2v) is 1.71. The predicted octanol–water partition coefficient (Wildman–Crippen LogP) is 0.483. The van der Waals surface area contributed by atoms with Crippen LogP contribution < -0.4 is 0 Å². The van der Waals surface area contributed by atoms with Crippen LogP contribution in [0, 0.1) is 0 Å². The zero-order chi connectivity index (χ0) is 7.56. The first-order chi connectivity index (χ1) is 4.70. The second kappa shape index (κ2) is 3.93. The average Bonchev–Trinajstić information content (AvgIpc) is 1.88. The fraction of sp³-hybridized carbons (Fsp3) is 0. The quantitative estimate of drug-likeness (QED) is 0.643. The van der Waals surface area contributed by atoms with E-state index in [1.165, 1.54) is 12.3 Å². The van der Waals surface area contributed by atoms with E-state index in [1.54, 1.807) is 0 Å². The van der Waals surface area contributed by atoms with Crippen LogP contribution in [0.3, 0.4) is 0 Å². The minimum absolute atomic E-state index is 0. The van der Waals surface area contributed by atoms with Gasteiger partial charge in [-0.15, -0.1) is 0 Å². The van der Waals surface area contributed by atoms with Crippen LogP contribution in [0.15, 0.2) is 18.3 Å². The summed E-state index contributed by atoms with van der Waals surface area (Å²) in [6.07, 6.45) is 1.23. The molecule has 2 N–H and O–H groups in total. The van der Waals surface area contributed by atoms with Crippen molar-refractivity contribution in [2.24, 2.45) is 0 Å². The van der Waals surface area contributed by atoms with Gasteiger partial charge >= 0.3 is 5.97 Å². The van der Waals surface area contributed by atoms with Gasteiger partial charge in [0.2, 0.25) is 5.88 Å². The number of rotatable bonds is 1. The van der Waals surface area contributed by atoms with E-state index in [0.29, 0.717) is 0 Å². The van der Waals surface area contributed by atoms with Crippen molar-refractivity contribution in [1.29, 1.82) is 0 Å². The summed E-state index contributed by atoms with van der Waals surface area (Å²) >= 11 is 0. The molecular formula is C6H5NNiO3. The fourth-order valence-corrected chi connectivity index (χ4v) is 0.551. The molecule has 0 saturated carbocycles. The van der Waals surface area contributed by atoms with Gasteiger partial charge in [-0.1, -0.05) is 0 Å². The standard InChI is InChI=1S/C6H5NO3.Ni/c8-5-3-4(6(9)10)1-2-7-5;/h1-3H,(H,7,8)(H,9,10);. The van der Waals surface area contributed by atoms with Crippen molar-refractivity contribution in [1.82, 2.24) is 4.98 Å². The molecule has 0 aromatic carbocycles. The van der Waals surface area contributed by atoms with E-state index in [2.05, 4.69) is 4.98 Å². The Bertz CT molecular complexity index is 264. The van der Waals surface area contributed by atoms with Crippen LogP contribution in [0.2, 0.25) is 0 Å². The van der Waals surface area contributed by atoms with E-state index in [4.69, 9.17) is 10.2 Å². The third kappa shape index (κ3) is 2.55. The third-order valence-electron chi connectivity index (χ3n) is 0.992. The van der Waals surface area contributed by atoms with Crippen molar-refractivity contribution < 1.29 is 31.5 Å². The van der Waals surface area contributed by atoms with Crippen molar-refractivity contribution in [2.75, 3.05) is 0 Å². The molecule has 0 amide bonds. The predicted molar refractivity (Wildman–Crippen MR) is 32.9 cm³/mol. The van der Waals surface area contributed by atoms with Crippen molar-refractivity contribution in [3.63, 3.8) is 0 Å². The number of nitrogens with zero attached hydrogens (tertiary/aromatic N) is 1. The summed E-state index contributed by atoms with van der Waals surface area (Å²) in [4.78, 5) is 13.6. The molecule has 0 fully saturated rings. The normalized spacial score (nSPS) is 8.36. The summed E-state index contributed by atoms with van der Waals surface area (Å²) in [5.41, 5.74) is 0.0347. The van der Waals surface area contributed by atoms with Crippen LogP contribution in [-0.4, -0.2) is 21.2 Å². The maximum atomic E-state index is 10.2. The molecule has 11 heavy (non-hydrogen) atoms. The summed E-state index contributed by atoms with van der Waals surface area (Å²) in [6, 6.07) is 2.39. The number of aromatic hydroxyl groups is 1. The van der Waals surface area contributed by atoms with E-state index >= 15 is 0 Å². The van der Waals surface area contributed by atoms with Crippen molar-refractivity contribution in [3.05, 3.63) is 23.9 Å². The molecule has 0 aliphatic rings. The number of aromatic nitrogens is 1. The third-order valence-corrected chi connectivity index (χ3v) is 0.992. The van der Waals surface area contributed by atoms with Gasteiger partial charge in [0.05, 0.1) is 5.56 Å². The SMILES string of the molecule is O=C(O)c1ccnc(O)c1.[Ni]. The van der Waals surface area contributed by atoms with Crippen molar-refractivity contribution in [2.45, 2.75) is 0 Å². The largest absolute Gasteiger partial charge is 0.493 e. The molecule has 0 spiro atoms. The van der Waals surface area contributed by atoms with Crippen LogP contribution in [-0.2, 0) is 16.5 Å². The molecule has 5 heteroatoms. The number of aromatic carboxylic acids is 1. The van der Waals surface area contributed by atoms with E-state index in [-0.39, 0.29) is 27.9 Å². The Morgan fingerprint density at radius 2 is 2.18 bits per heavy atom. The van der Waals surface area contributed by atoms with E-state index in [9.17, 15) is 4.79 Å². The average molecular weight is 198 g/mol. The Morgan fingerprint density at radius 3 is 2.55 bits per heavy atom. The molecule has 1 heterocycles. The molecule has 0 aliphatic carbocycles. The van der Waals surface area contributed by atoms with E-state index in [0.717, 1.165) is 6.07 Å². The molecule has 1 aromatic rings. The second-order valence-electron chi connectivity index (χ2n) is 1.71. The summed E-state index contributed by atoms with van der Waals surface area (Å²) in [5, 5.41) is 17.1. The fourth-order valence-electron chi connectivity index (χ4n) is 0.551. The van der Waals surface area contributed by atoms with Crippen LogP contribution in [0.1, 0.15) is 10.4 Å². The van der Waals surface area contributed by atoms with Crippen LogP contribution >= 0.6 is 0 Å². The molecule has 4 nitrogen and oxygen atoms in total. The van der Waals surface area contributed by atoms with E-state index in [1.807, 2.05) is 0 Å². The first-order valence-electron chi connectivity index (χ1n) is 2.58. The maximum Gasteiger partial charge on any atom is 0.335 e. The summed E-state index contributed by atoms with van der Waals surface area (Å²) in [6.45, 7) is 0. The van der Waals surface area contributed by atoms with Gasteiger partial charge in [0.15, 0.2) is 0 Å². The molecule has 0 unspecified atom stereocenters. The number of pyridine rings is 1. The van der Waals surface area contributed by atoms with Gasteiger partial charge in [0, 0.05) is 28.8 Å². The van der Waals surface area contributed by atoms with Gasteiger partial charge in [0.25, 0.3) is 0 Å². The van der Waals surface area contributed by atoms with Gasteiger partial charge in [0.1, 0.15) is 0 Å². The summed E-state index contributed by atoms with van der Waals surface area (Å²) in [5.74, 6) is -1.35. The molecule has 0 bridgehead atoms. The number of hydrogen-bond acceptors (Lipinski definition) is 3. The molecular weight excluding hydrogens is 193 g/mol. The van der Waals surface area contributed by atoms with Gasteiger partial charge < -0.3 is 10.2 Å². The Balaban J connectivity index is 0.000001000. The number of carboxylic acids is 1. The minimum Gasteiger partial charge on any atom is -0.493 e. The van der Waals surface area contributed by atoms with Gasteiger partial charge in [-0.25, -0.2) is 9.78 Å². The first kappa shape index (κ1) is 9.91. The molecule has 0 radical (unpaired) electrons. The summed E-state index contributed by atoms with van der Waals surface area (Å²) in [7, 11) is 0. The topological polar surface area (TPSA) is 70.4 Å².